The maximum Gasteiger partial charge on any atom is 0.210 e. The lowest BCUT2D eigenvalue weighted by atomic mass is 10.2. The van der Waals surface area contributed by atoms with Crippen molar-refractivity contribution in [3.05, 3.63) is 30.1 Å². The van der Waals surface area contributed by atoms with Crippen LogP contribution in [0.3, 0.4) is 0 Å². The zero-order valence-corrected chi connectivity index (χ0v) is 16.1. The zero-order valence-electron chi connectivity index (χ0n) is 14.4. The molecular weight excluding hydrogens is 359 g/mol. The molecule has 1 saturated heterocycles. The van der Waals surface area contributed by atoms with E-state index in [1.807, 2.05) is 0 Å². The molecule has 1 aliphatic heterocycles. The molecule has 8 heteroatoms. The average molecular weight is 383 g/mol. The number of ether oxygens (including phenoxy) is 1. The molecule has 2 heterocycles. The van der Waals surface area contributed by atoms with Gasteiger partial charge >= 0.3 is 0 Å². The molecule has 5 nitrogen and oxygen atoms in total. The molecule has 0 aliphatic carbocycles. The number of hydrogen-bond acceptors (Lipinski definition) is 7. The van der Waals surface area contributed by atoms with Gasteiger partial charge < -0.3 is 10.1 Å². The Labute approximate surface area is 156 Å². The van der Waals surface area contributed by atoms with Gasteiger partial charge in [-0.15, -0.1) is 10.2 Å². The van der Waals surface area contributed by atoms with Gasteiger partial charge in [0.15, 0.2) is 4.34 Å². The molecule has 1 aromatic carbocycles. The molecule has 1 atom stereocenters. The second-order valence-corrected chi connectivity index (χ2v) is 8.68. The summed E-state index contributed by atoms with van der Waals surface area (Å²) in [4.78, 5) is 2.46. The highest BCUT2D eigenvalue weighted by Crippen LogP contribution is 2.29. The molecule has 0 saturated carbocycles. The molecular formula is C17H23FN4OS2. The summed E-state index contributed by atoms with van der Waals surface area (Å²) in [5.41, 5.74) is 0.412. The van der Waals surface area contributed by atoms with Crippen LogP contribution in [0.5, 0.6) is 0 Å². The molecule has 1 aliphatic rings. The number of morpholine rings is 1. The lowest BCUT2D eigenvalue weighted by molar-refractivity contribution is -0.0191. The first-order valence-electron chi connectivity index (χ1n) is 8.42. The standard InChI is InChI=1S/C17H23FN4OS2/c1-12(2)9-22-7-8-23-13(10-22)11-24-17-21-20-16(25-17)19-15-6-4-3-5-14(15)18/h3-6,12-13H,7-11H2,1-2H3,(H,19,20)/t13-/m1/s1. The van der Waals surface area contributed by atoms with Crippen LogP contribution in [0.15, 0.2) is 28.6 Å². The number of benzene rings is 1. The molecule has 1 aromatic heterocycles. The fourth-order valence-electron chi connectivity index (χ4n) is 2.72. The highest BCUT2D eigenvalue weighted by Gasteiger charge is 2.21. The van der Waals surface area contributed by atoms with Crippen molar-refractivity contribution in [2.75, 3.05) is 37.3 Å². The third-order valence-electron chi connectivity index (χ3n) is 3.76. The average Bonchev–Trinajstić information content (AvgIpc) is 3.02. The van der Waals surface area contributed by atoms with Gasteiger partial charge in [0.05, 0.1) is 18.4 Å². The number of nitrogens with zero attached hydrogens (tertiary/aromatic N) is 3. The van der Waals surface area contributed by atoms with Gasteiger partial charge in [0.25, 0.3) is 0 Å². The Bertz CT molecular complexity index is 682. The molecule has 3 rings (SSSR count). The van der Waals surface area contributed by atoms with Crippen LogP contribution in [0.25, 0.3) is 0 Å². The summed E-state index contributed by atoms with van der Waals surface area (Å²) < 4.78 is 20.4. The van der Waals surface area contributed by atoms with Gasteiger partial charge in [0.2, 0.25) is 5.13 Å². The summed E-state index contributed by atoms with van der Waals surface area (Å²) in [5.74, 6) is 1.22. The van der Waals surface area contributed by atoms with Crippen molar-refractivity contribution in [1.82, 2.24) is 15.1 Å². The molecule has 0 radical (unpaired) electrons. The minimum Gasteiger partial charge on any atom is -0.375 e. The third-order valence-corrected chi connectivity index (χ3v) is 5.86. The number of nitrogens with one attached hydrogen (secondary N) is 1. The van der Waals surface area contributed by atoms with E-state index in [9.17, 15) is 4.39 Å². The van der Waals surface area contributed by atoms with Gasteiger partial charge in [-0.2, -0.15) is 0 Å². The number of rotatable bonds is 7. The van der Waals surface area contributed by atoms with E-state index in [0.29, 0.717) is 16.7 Å². The summed E-state index contributed by atoms with van der Waals surface area (Å²) in [6, 6.07) is 6.55. The predicted octanol–water partition coefficient (Wildman–Crippen LogP) is 3.87. The fraction of sp³-hybridized carbons (Fsp3) is 0.529. The van der Waals surface area contributed by atoms with Crippen LogP contribution in [0.1, 0.15) is 13.8 Å². The molecule has 136 valence electrons. The van der Waals surface area contributed by atoms with Crippen LogP contribution in [0.4, 0.5) is 15.2 Å². The Kier molecular flexibility index (Phi) is 6.63. The van der Waals surface area contributed by atoms with E-state index in [1.54, 1.807) is 30.0 Å². The van der Waals surface area contributed by atoms with Crippen molar-refractivity contribution in [3.63, 3.8) is 0 Å². The smallest absolute Gasteiger partial charge is 0.210 e. The largest absolute Gasteiger partial charge is 0.375 e. The highest BCUT2D eigenvalue weighted by molar-refractivity contribution is 8.01. The van der Waals surface area contributed by atoms with Gasteiger partial charge in [-0.25, -0.2) is 4.39 Å². The first-order chi connectivity index (χ1) is 12.1. The van der Waals surface area contributed by atoms with E-state index < -0.39 is 0 Å². The van der Waals surface area contributed by atoms with Crippen molar-refractivity contribution in [2.24, 2.45) is 5.92 Å². The second-order valence-electron chi connectivity index (χ2n) is 6.44. The lowest BCUT2D eigenvalue weighted by Gasteiger charge is -2.33. The van der Waals surface area contributed by atoms with E-state index in [0.717, 1.165) is 36.3 Å². The van der Waals surface area contributed by atoms with Crippen LogP contribution in [-0.4, -0.2) is 53.2 Å². The van der Waals surface area contributed by atoms with Crippen molar-refractivity contribution in [1.29, 1.82) is 0 Å². The van der Waals surface area contributed by atoms with Crippen LogP contribution >= 0.6 is 23.1 Å². The van der Waals surface area contributed by atoms with Gasteiger partial charge in [-0.1, -0.05) is 49.1 Å². The molecule has 0 bridgehead atoms. The van der Waals surface area contributed by atoms with Crippen LogP contribution < -0.4 is 5.32 Å². The zero-order chi connectivity index (χ0) is 17.6. The van der Waals surface area contributed by atoms with Gasteiger partial charge in [0.1, 0.15) is 5.82 Å². The Morgan fingerprint density at radius 1 is 1.40 bits per heavy atom. The molecule has 0 spiro atoms. The lowest BCUT2D eigenvalue weighted by Crippen LogP contribution is -2.44. The summed E-state index contributed by atoms with van der Waals surface area (Å²) in [6.07, 6.45) is 0.212. The molecule has 0 unspecified atom stereocenters. The summed E-state index contributed by atoms with van der Waals surface area (Å²) >= 11 is 3.07. The van der Waals surface area contributed by atoms with E-state index in [2.05, 4.69) is 34.3 Å². The van der Waals surface area contributed by atoms with Crippen molar-refractivity contribution in [2.45, 2.75) is 24.3 Å². The monoisotopic (exact) mass is 382 g/mol. The van der Waals surface area contributed by atoms with Crippen LogP contribution in [0.2, 0.25) is 0 Å². The number of para-hydroxylation sites is 1. The minimum atomic E-state index is -0.298. The van der Waals surface area contributed by atoms with Crippen molar-refractivity contribution < 1.29 is 9.13 Å². The Balaban J connectivity index is 1.49. The molecule has 25 heavy (non-hydrogen) atoms. The Hall–Kier alpha value is -1.22. The topological polar surface area (TPSA) is 50.3 Å². The minimum absolute atomic E-state index is 0.212. The SMILES string of the molecule is CC(C)CN1CCO[C@@H](CSc2nnc(Nc3ccccc3F)s2)C1. The number of halogens is 1. The fourth-order valence-corrected chi connectivity index (χ4v) is 4.52. The van der Waals surface area contributed by atoms with Gasteiger partial charge in [0, 0.05) is 25.4 Å². The first-order valence-corrected chi connectivity index (χ1v) is 10.2. The van der Waals surface area contributed by atoms with Gasteiger partial charge in [-0.05, 0) is 18.1 Å². The molecule has 1 fully saturated rings. The maximum atomic E-state index is 13.7. The van der Waals surface area contributed by atoms with Crippen molar-refractivity contribution in [3.8, 4) is 0 Å². The summed E-state index contributed by atoms with van der Waals surface area (Å²) in [6.45, 7) is 8.35. The van der Waals surface area contributed by atoms with E-state index >= 15 is 0 Å². The maximum absolute atomic E-state index is 13.7. The number of anilines is 2. The highest BCUT2D eigenvalue weighted by atomic mass is 32.2. The van der Waals surface area contributed by atoms with E-state index in [1.165, 1.54) is 17.4 Å². The predicted molar refractivity (Wildman–Crippen MR) is 101 cm³/mol. The van der Waals surface area contributed by atoms with Crippen LogP contribution in [0, 0.1) is 11.7 Å². The first kappa shape index (κ1) is 18.6. The Morgan fingerprint density at radius 3 is 3.04 bits per heavy atom. The third kappa shape index (κ3) is 5.64. The number of hydrogen-bond donors (Lipinski definition) is 1. The molecule has 1 N–H and O–H groups in total. The summed E-state index contributed by atoms with van der Waals surface area (Å²) in [5, 5.41) is 11.8. The second kappa shape index (κ2) is 8.93. The molecule has 0 amide bonds. The number of aromatic nitrogens is 2. The molecule has 2 aromatic rings. The Morgan fingerprint density at radius 2 is 2.24 bits per heavy atom. The van der Waals surface area contributed by atoms with Crippen LogP contribution in [-0.2, 0) is 4.74 Å². The van der Waals surface area contributed by atoms with Crippen molar-refractivity contribution >= 4 is 33.9 Å². The van der Waals surface area contributed by atoms with E-state index in [-0.39, 0.29) is 11.9 Å². The summed E-state index contributed by atoms with van der Waals surface area (Å²) in [7, 11) is 0. The van der Waals surface area contributed by atoms with E-state index in [4.69, 9.17) is 4.74 Å². The normalized spacial score (nSPS) is 18.6. The quantitative estimate of drug-likeness (QED) is 0.734. The van der Waals surface area contributed by atoms with Gasteiger partial charge in [-0.3, -0.25) is 4.90 Å². The number of thioether (sulfide) groups is 1.